The molecule has 3 aromatic carbocycles. The van der Waals surface area contributed by atoms with Gasteiger partial charge in [-0.15, -0.1) is 0 Å². The van der Waals surface area contributed by atoms with Crippen LogP contribution in [0, 0.1) is 11.3 Å². The maximum Gasteiger partial charge on any atom is 0.255 e. The largest absolute Gasteiger partial charge is 0.497 e. The Balaban J connectivity index is 1.58. The van der Waals surface area contributed by atoms with Crippen LogP contribution in [-0.2, 0) is 4.79 Å². The second kappa shape index (κ2) is 9.94. The highest BCUT2D eigenvalue weighted by Crippen LogP contribution is 2.18. The van der Waals surface area contributed by atoms with E-state index in [1.807, 2.05) is 0 Å². The van der Waals surface area contributed by atoms with Gasteiger partial charge in [0.05, 0.1) is 18.4 Å². The molecule has 0 saturated carbocycles. The zero-order valence-corrected chi connectivity index (χ0v) is 17.2. The van der Waals surface area contributed by atoms with Crippen molar-refractivity contribution in [2.24, 2.45) is 0 Å². The Morgan fingerprint density at radius 1 is 0.903 bits per heavy atom. The molecule has 3 N–H and O–H groups in total. The zero-order valence-electron chi connectivity index (χ0n) is 17.2. The lowest BCUT2D eigenvalue weighted by molar-refractivity contribution is -0.116. The number of carbonyl (C=O) groups is 2. The first-order valence-corrected chi connectivity index (χ1v) is 9.62. The number of nitrogens with zero attached hydrogens (tertiary/aromatic N) is 1. The molecule has 0 fully saturated rings. The Bertz CT molecular complexity index is 1100. The molecule has 0 aromatic heterocycles. The predicted octanol–water partition coefficient (Wildman–Crippen LogP) is 4.26. The minimum Gasteiger partial charge on any atom is -0.497 e. The zero-order chi connectivity index (χ0) is 22.2. The van der Waals surface area contributed by atoms with E-state index in [1.165, 1.54) is 0 Å². The van der Waals surface area contributed by atoms with Crippen molar-refractivity contribution in [1.29, 1.82) is 5.26 Å². The monoisotopic (exact) mass is 414 g/mol. The molecule has 0 saturated heterocycles. The molecule has 1 atom stereocenters. The van der Waals surface area contributed by atoms with Crippen LogP contribution in [0.25, 0.3) is 0 Å². The molecule has 0 aliphatic heterocycles. The third kappa shape index (κ3) is 5.61. The van der Waals surface area contributed by atoms with E-state index in [1.54, 1.807) is 86.8 Å². The van der Waals surface area contributed by atoms with Crippen LogP contribution < -0.4 is 20.7 Å². The van der Waals surface area contributed by atoms with E-state index >= 15 is 0 Å². The van der Waals surface area contributed by atoms with Crippen LogP contribution in [0.1, 0.15) is 22.8 Å². The van der Waals surface area contributed by atoms with Gasteiger partial charge < -0.3 is 20.7 Å². The van der Waals surface area contributed by atoms with Crippen LogP contribution in [0.15, 0.2) is 72.8 Å². The summed E-state index contributed by atoms with van der Waals surface area (Å²) in [7, 11) is 1.58. The number of nitriles is 1. The van der Waals surface area contributed by atoms with Crippen LogP contribution in [0.2, 0.25) is 0 Å². The van der Waals surface area contributed by atoms with Crippen molar-refractivity contribution in [2.75, 3.05) is 23.1 Å². The Labute approximate surface area is 180 Å². The highest BCUT2D eigenvalue weighted by Gasteiger charge is 2.15. The van der Waals surface area contributed by atoms with Gasteiger partial charge in [-0.3, -0.25) is 9.59 Å². The predicted molar refractivity (Wildman–Crippen MR) is 120 cm³/mol. The van der Waals surface area contributed by atoms with E-state index in [0.29, 0.717) is 33.9 Å². The fourth-order valence-corrected chi connectivity index (χ4v) is 2.84. The lowest BCUT2D eigenvalue weighted by atomic mass is 10.1. The van der Waals surface area contributed by atoms with E-state index in [-0.39, 0.29) is 11.8 Å². The van der Waals surface area contributed by atoms with Crippen LogP contribution in [0.3, 0.4) is 0 Å². The van der Waals surface area contributed by atoms with Crippen LogP contribution >= 0.6 is 0 Å². The van der Waals surface area contributed by atoms with Gasteiger partial charge in [0, 0.05) is 16.9 Å². The van der Waals surface area contributed by atoms with Gasteiger partial charge in [-0.25, -0.2) is 0 Å². The standard InChI is InChI=1S/C24H22N4O3/c1-16(23(29)28-22-6-4-3-5-18(22)15-25)26-19-9-7-17(8-10-19)24(30)27-20-11-13-21(31-2)14-12-20/h3-14,16,26H,1-2H3,(H,27,30)(H,28,29). The van der Waals surface area contributed by atoms with Crippen molar-refractivity contribution >= 4 is 28.9 Å². The molecule has 3 rings (SSSR count). The maximum absolute atomic E-state index is 12.5. The minimum atomic E-state index is -0.550. The molecular weight excluding hydrogens is 392 g/mol. The number of rotatable bonds is 7. The van der Waals surface area contributed by atoms with Crippen LogP contribution in [0.5, 0.6) is 5.75 Å². The Hall–Kier alpha value is -4.31. The first-order valence-electron chi connectivity index (χ1n) is 9.62. The smallest absolute Gasteiger partial charge is 0.255 e. The molecule has 0 radical (unpaired) electrons. The summed E-state index contributed by atoms with van der Waals surface area (Å²) in [5.74, 6) is 0.197. The second-order valence-electron chi connectivity index (χ2n) is 6.77. The SMILES string of the molecule is COc1ccc(NC(=O)c2ccc(NC(C)C(=O)Nc3ccccc3C#N)cc2)cc1. The molecule has 2 amide bonds. The molecular formula is C24H22N4O3. The number of hydrogen-bond donors (Lipinski definition) is 3. The molecule has 31 heavy (non-hydrogen) atoms. The van der Waals surface area contributed by atoms with Crippen LogP contribution in [0.4, 0.5) is 17.1 Å². The van der Waals surface area contributed by atoms with Crippen molar-refractivity contribution in [1.82, 2.24) is 0 Å². The number of para-hydroxylation sites is 1. The Morgan fingerprint density at radius 3 is 2.19 bits per heavy atom. The summed E-state index contributed by atoms with van der Waals surface area (Å²) in [5.41, 5.74) is 2.71. The molecule has 0 aliphatic carbocycles. The summed E-state index contributed by atoms with van der Waals surface area (Å²) in [6, 6.07) is 22.2. The molecule has 0 heterocycles. The fourth-order valence-electron chi connectivity index (χ4n) is 2.84. The number of anilines is 3. The highest BCUT2D eigenvalue weighted by molar-refractivity contribution is 6.04. The van der Waals surface area contributed by atoms with Gasteiger partial charge in [0.15, 0.2) is 0 Å². The third-order valence-electron chi connectivity index (χ3n) is 4.58. The molecule has 3 aromatic rings. The average molecular weight is 414 g/mol. The molecule has 0 bridgehead atoms. The number of benzene rings is 3. The van der Waals surface area contributed by atoms with Crippen LogP contribution in [-0.4, -0.2) is 25.0 Å². The van der Waals surface area contributed by atoms with Crippen molar-refractivity contribution in [3.63, 3.8) is 0 Å². The molecule has 0 spiro atoms. The average Bonchev–Trinajstić information content (AvgIpc) is 2.80. The number of carbonyl (C=O) groups excluding carboxylic acids is 2. The number of methoxy groups -OCH3 is 1. The van der Waals surface area contributed by atoms with Gasteiger partial charge in [0.1, 0.15) is 17.9 Å². The van der Waals surface area contributed by atoms with Gasteiger partial charge in [0.25, 0.3) is 5.91 Å². The first kappa shape index (κ1) is 21.4. The summed E-state index contributed by atoms with van der Waals surface area (Å²) >= 11 is 0. The van der Waals surface area contributed by atoms with Gasteiger partial charge in [-0.05, 0) is 67.6 Å². The normalized spacial score (nSPS) is 11.0. The maximum atomic E-state index is 12.5. The highest BCUT2D eigenvalue weighted by atomic mass is 16.5. The quantitative estimate of drug-likeness (QED) is 0.536. The molecule has 7 nitrogen and oxygen atoms in total. The minimum absolute atomic E-state index is 0.240. The van der Waals surface area contributed by atoms with Crippen molar-refractivity contribution in [3.05, 3.63) is 83.9 Å². The lowest BCUT2D eigenvalue weighted by Crippen LogP contribution is -2.32. The van der Waals surface area contributed by atoms with Gasteiger partial charge >= 0.3 is 0 Å². The Morgan fingerprint density at radius 2 is 1.55 bits per heavy atom. The van der Waals surface area contributed by atoms with E-state index in [0.717, 1.165) is 0 Å². The first-order chi connectivity index (χ1) is 15.0. The summed E-state index contributed by atoms with van der Waals surface area (Å²) < 4.78 is 5.10. The molecule has 0 aliphatic rings. The summed E-state index contributed by atoms with van der Waals surface area (Å²) in [4.78, 5) is 24.9. The Kier molecular flexibility index (Phi) is 6.86. The summed E-state index contributed by atoms with van der Waals surface area (Å²) in [6.45, 7) is 1.72. The topological polar surface area (TPSA) is 103 Å². The van der Waals surface area contributed by atoms with E-state index < -0.39 is 6.04 Å². The summed E-state index contributed by atoms with van der Waals surface area (Å²) in [5, 5.41) is 17.8. The number of ether oxygens (including phenoxy) is 1. The second-order valence-corrected chi connectivity index (χ2v) is 6.77. The molecule has 156 valence electrons. The van der Waals surface area contributed by atoms with E-state index in [4.69, 9.17) is 10.00 Å². The van der Waals surface area contributed by atoms with Gasteiger partial charge in [-0.2, -0.15) is 5.26 Å². The number of amides is 2. The van der Waals surface area contributed by atoms with Gasteiger partial charge in [0.2, 0.25) is 5.91 Å². The van der Waals surface area contributed by atoms with E-state index in [2.05, 4.69) is 22.0 Å². The number of nitrogens with one attached hydrogen (secondary N) is 3. The molecule has 1 unspecified atom stereocenters. The van der Waals surface area contributed by atoms with Crippen molar-refractivity contribution < 1.29 is 14.3 Å². The van der Waals surface area contributed by atoms with E-state index in [9.17, 15) is 9.59 Å². The summed E-state index contributed by atoms with van der Waals surface area (Å²) in [6.07, 6.45) is 0. The number of hydrogen-bond acceptors (Lipinski definition) is 5. The third-order valence-corrected chi connectivity index (χ3v) is 4.58. The van der Waals surface area contributed by atoms with Crippen molar-refractivity contribution in [3.8, 4) is 11.8 Å². The fraction of sp³-hybridized carbons (Fsp3) is 0.125. The lowest BCUT2D eigenvalue weighted by Gasteiger charge is -2.16. The molecule has 7 heteroatoms. The van der Waals surface area contributed by atoms with Gasteiger partial charge in [-0.1, -0.05) is 12.1 Å². The van der Waals surface area contributed by atoms with Crippen molar-refractivity contribution in [2.45, 2.75) is 13.0 Å².